The van der Waals surface area contributed by atoms with E-state index in [1.165, 1.54) is 4.90 Å². The van der Waals surface area contributed by atoms with Crippen LogP contribution in [0.2, 0.25) is 0 Å². The Morgan fingerprint density at radius 3 is 2.70 bits per heavy atom. The maximum absolute atomic E-state index is 12.1. The average Bonchev–Trinajstić information content (AvgIpc) is 2.55. The summed E-state index contributed by atoms with van der Waals surface area (Å²) in [5.74, 6) is 0.427. The van der Waals surface area contributed by atoms with Crippen molar-refractivity contribution in [3.8, 4) is 0 Å². The fourth-order valence-corrected chi connectivity index (χ4v) is 2.59. The Balaban J connectivity index is 1.95. The summed E-state index contributed by atoms with van der Waals surface area (Å²) in [6, 6.07) is 5.12. The highest BCUT2D eigenvalue weighted by Gasteiger charge is 2.13. The number of hydrogen-bond acceptors (Lipinski definition) is 2. The van der Waals surface area contributed by atoms with Gasteiger partial charge in [-0.1, -0.05) is 18.2 Å². The van der Waals surface area contributed by atoms with Crippen LogP contribution in [0.15, 0.2) is 30.4 Å². The van der Waals surface area contributed by atoms with Crippen LogP contribution in [-0.2, 0) is 0 Å². The number of aryl methyl sites for hydroxylation is 1. The first-order valence-electron chi connectivity index (χ1n) is 7.99. The van der Waals surface area contributed by atoms with Crippen LogP contribution < -0.4 is 10.6 Å². The highest BCUT2D eigenvalue weighted by molar-refractivity contribution is 5.97. The molecule has 0 bridgehead atoms. The first-order valence-corrected chi connectivity index (χ1v) is 7.99. The van der Waals surface area contributed by atoms with Crippen molar-refractivity contribution in [2.45, 2.75) is 26.2 Å². The van der Waals surface area contributed by atoms with Crippen molar-refractivity contribution >= 4 is 17.6 Å². The van der Waals surface area contributed by atoms with E-state index in [-0.39, 0.29) is 11.9 Å². The molecule has 2 N–H and O–H groups in total. The molecule has 0 aromatic heterocycles. The SMILES string of the molecule is Cc1ccc(C(=O)N(C)C)cc1NC(=O)NCC1CC=CCC1. The fraction of sp³-hybridized carbons (Fsp3) is 0.444. The summed E-state index contributed by atoms with van der Waals surface area (Å²) < 4.78 is 0. The van der Waals surface area contributed by atoms with Gasteiger partial charge in [0, 0.05) is 31.9 Å². The zero-order chi connectivity index (χ0) is 16.8. The third-order valence-corrected chi connectivity index (χ3v) is 4.07. The average molecular weight is 315 g/mol. The van der Waals surface area contributed by atoms with Gasteiger partial charge in [-0.2, -0.15) is 0 Å². The van der Waals surface area contributed by atoms with Crippen molar-refractivity contribution < 1.29 is 9.59 Å². The van der Waals surface area contributed by atoms with Crippen LogP contribution in [0.4, 0.5) is 10.5 Å². The Morgan fingerprint density at radius 2 is 2.04 bits per heavy atom. The molecule has 0 radical (unpaired) electrons. The Bertz CT molecular complexity index is 608. The molecule has 1 unspecified atom stereocenters. The standard InChI is InChI=1S/C18H25N3O2/c1-13-9-10-15(17(22)21(2)3)11-16(13)20-18(23)19-12-14-7-5-4-6-8-14/h4-5,9-11,14H,6-8,12H2,1-3H3,(H2,19,20,23). The molecular weight excluding hydrogens is 290 g/mol. The van der Waals surface area contributed by atoms with Gasteiger partial charge in [0.25, 0.3) is 5.91 Å². The quantitative estimate of drug-likeness (QED) is 0.838. The first kappa shape index (κ1) is 17.1. The second kappa shape index (κ2) is 7.81. The number of carbonyl (C=O) groups is 2. The van der Waals surface area contributed by atoms with E-state index >= 15 is 0 Å². The third-order valence-electron chi connectivity index (χ3n) is 4.07. The van der Waals surface area contributed by atoms with E-state index in [0.29, 0.717) is 23.7 Å². The second-order valence-corrected chi connectivity index (χ2v) is 6.21. The molecule has 0 heterocycles. The predicted octanol–water partition coefficient (Wildman–Crippen LogP) is 3.17. The van der Waals surface area contributed by atoms with Crippen LogP contribution in [0.3, 0.4) is 0 Å². The highest BCUT2D eigenvalue weighted by Crippen LogP contribution is 2.19. The van der Waals surface area contributed by atoms with Gasteiger partial charge >= 0.3 is 6.03 Å². The van der Waals surface area contributed by atoms with Crippen LogP contribution in [0.25, 0.3) is 0 Å². The molecular formula is C18H25N3O2. The highest BCUT2D eigenvalue weighted by atomic mass is 16.2. The van der Waals surface area contributed by atoms with Crippen molar-refractivity contribution in [1.29, 1.82) is 0 Å². The summed E-state index contributed by atoms with van der Waals surface area (Å²) in [4.78, 5) is 25.6. The smallest absolute Gasteiger partial charge is 0.319 e. The maximum Gasteiger partial charge on any atom is 0.319 e. The molecule has 1 aromatic rings. The van der Waals surface area contributed by atoms with E-state index < -0.39 is 0 Å². The summed E-state index contributed by atoms with van der Waals surface area (Å²) in [6.07, 6.45) is 7.58. The number of nitrogens with one attached hydrogen (secondary N) is 2. The number of rotatable bonds is 4. The summed E-state index contributed by atoms with van der Waals surface area (Å²) in [5, 5.41) is 5.77. The minimum atomic E-state index is -0.225. The molecule has 23 heavy (non-hydrogen) atoms. The Kier molecular flexibility index (Phi) is 5.79. The molecule has 1 aromatic carbocycles. The molecule has 1 aliphatic carbocycles. The van der Waals surface area contributed by atoms with Crippen molar-refractivity contribution in [1.82, 2.24) is 10.2 Å². The fourth-order valence-electron chi connectivity index (χ4n) is 2.59. The van der Waals surface area contributed by atoms with E-state index in [9.17, 15) is 9.59 Å². The van der Waals surface area contributed by atoms with E-state index in [1.807, 2.05) is 13.0 Å². The lowest BCUT2D eigenvalue weighted by atomic mass is 9.94. The van der Waals surface area contributed by atoms with Crippen LogP contribution in [0.1, 0.15) is 35.2 Å². The zero-order valence-electron chi connectivity index (χ0n) is 14.1. The summed E-state index contributed by atoms with van der Waals surface area (Å²) >= 11 is 0. The van der Waals surface area contributed by atoms with Gasteiger partial charge in [0.1, 0.15) is 0 Å². The van der Waals surface area contributed by atoms with Gasteiger partial charge in [-0.05, 0) is 49.8 Å². The lowest BCUT2D eigenvalue weighted by Gasteiger charge is -2.19. The normalized spacial score (nSPS) is 16.7. The molecule has 2 rings (SSSR count). The number of benzene rings is 1. The third kappa shape index (κ3) is 4.84. The van der Waals surface area contributed by atoms with Crippen molar-refractivity contribution in [2.75, 3.05) is 26.0 Å². The number of amides is 3. The van der Waals surface area contributed by atoms with E-state index in [1.54, 1.807) is 26.2 Å². The first-order chi connectivity index (χ1) is 11.0. The van der Waals surface area contributed by atoms with Crippen LogP contribution in [-0.4, -0.2) is 37.5 Å². The van der Waals surface area contributed by atoms with Crippen molar-refractivity contribution in [2.24, 2.45) is 5.92 Å². The molecule has 0 fully saturated rings. The monoisotopic (exact) mass is 315 g/mol. The summed E-state index contributed by atoms with van der Waals surface area (Å²) in [7, 11) is 3.42. The molecule has 0 aliphatic heterocycles. The second-order valence-electron chi connectivity index (χ2n) is 6.21. The molecule has 0 saturated carbocycles. The lowest BCUT2D eigenvalue weighted by molar-refractivity contribution is 0.0827. The van der Waals surface area contributed by atoms with Crippen LogP contribution in [0.5, 0.6) is 0 Å². The Morgan fingerprint density at radius 1 is 1.26 bits per heavy atom. The number of anilines is 1. The van der Waals surface area contributed by atoms with Crippen molar-refractivity contribution in [3.63, 3.8) is 0 Å². The summed E-state index contributed by atoms with van der Waals surface area (Å²) in [6.45, 7) is 2.58. The minimum Gasteiger partial charge on any atom is -0.345 e. The minimum absolute atomic E-state index is 0.0811. The molecule has 124 valence electrons. The van der Waals surface area contributed by atoms with Crippen molar-refractivity contribution in [3.05, 3.63) is 41.5 Å². The van der Waals surface area contributed by atoms with Gasteiger partial charge in [0.15, 0.2) is 0 Å². The number of carbonyl (C=O) groups excluding carboxylic acids is 2. The Hall–Kier alpha value is -2.30. The Labute approximate surface area is 137 Å². The molecule has 5 heteroatoms. The molecule has 3 amide bonds. The van der Waals surface area contributed by atoms with E-state index in [2.05, 4.69) is 22.8 Å². The van der Waals surface area contributed by atoms with Crippen LogP contribution >= 0.6 is 0 Å². The maximum atomic E-state index is 12.1. The van der Waals surface area contributed by atoms with E-state index in [4.69, 9.17) is 0 Å². The lowest BCUT2D eigenvalue weighted by Crippen LogP contribution is -2.33. The molecule has 1 aliphatic rings. The number of nitrogens with zero attached hydrogens (tertiary/aromatic N) is 1. The predicted molar refractivity (Wildman–Crippen MR) is 92.7 cm³/mol. The number of hydrogen-bond donors (Lipinski definition) is 2. The number of urea groups is 1. The largest absolute Gasteiger partial charge is 0.345 e. The molecule has 0 saturated heterocycles. The van der Waals surface area contributed by atoms with Gasteiger partial charge in [-0.15, -0.1) is 0 Å². The van der Waals surface area contributed by atoms with Gasteiger partial charge < -0.3 is 15.5 Å². The number of allylic oxidation sites excluding steroid dienone is 2. The van der Waals surface area contributed by atoms with Gasteiger partial charge in [-0.3, -0.25) is 4.79 Å². The zero-order valence-corrected chi connectivity index (χ0v) is 14.1. The van der Waals surface area contributed by atoms with Gasteiger partial charge in [-0.25, -0.2) is 4.79 Å². The molecule has 0 spiro atoms. The van der Waals surface area contributed by atoms with Gasteiger partial charge in [0.2, 0.25) is 0 Å². The van der Waals surface area contributed by atoms with Gasteiger partial charge in [0.05, 0.1) is 0 Å². The topological polar surface area (TPSA) is 61.4 Å². The summed E-state index contributed by atoms with van der Waals surface area (Å²) in [5.41, 5.74) is 2.16. The molecule has 1 atom stereocenters. The van der Waals surface area contributed by atoms with Crippen LogP contribution in [0, 0.1) is 12.8 Å². The van der Waals surface area contributed by atoms with E-state index in [0.717, 1.165) is 24.8 Å². The molecule has 5 nitrogen and oxygen atoms in total.